The minimum absolute atomic E-state index is 0.0395. The topological polar surface area (TPSA) is 32.3 Å². The third-order valence-electron chi connectivity index (χ3n) is 5.19. The lowest BCUT2D eigenvalue weighted by Crippen LogP contribution is -2.38. The molecule has 1 aliphatic rings. The summed E-state index contributed by atoms with van der Waals surface area (Å²) in [6.07, 6.45) is 1.97. The van der Waals surface area contributed by atoms with Crippen LogP contribution in [0.15, 0.2) is 66.0 Å². The van der Waals surface area contributed by atoms with E-state index in [4.69, 9.17) is 0 Å². The molecular formula is C23H24N2OS. The highest BCUT2D eigenvalue weighted by atomic mass is 32.1. The summed E-state index contributed by atoms with van der Waals surface area (Å²) in [5, 5.41) is 5.59. The third kappa shape index (κ3) is 3.82. The zero-order valence-corrected chi connectivity index (χ0v) is 16.3. The highest BCUT2D eigenvalue weighted by Gasteiger charge is 2.25. The predicted octanol–water partition coefficient (Wildman–Crippen LogP) is 4.58. The van der Waals surface area contributed by atoms with Crippen LogP contribution in [0.25, 0.3) is 0 Å². The van der Waals surface area contributed by atoms with Gasteiger partial charge >= 0.3 is 0 Å². The first-order valence-corrected chi connectivity index (χ1v) is 10.4. The summed E-state index contributed by atoms with van der Waals surface area (Å²) in [5.41, 5.74) is 4.85. The van der Waals surface area contributed by atoms with E-state index in [0.717, 1.165) is 25.1 Å². The first-order valence-electron chi connectivity index (χ1n) is 9.50. The van der Waals surface area contributed by atoms with Gasteiger partial charge in [-0.15, -0.1) is 11.3 Å². The largest absolute Gasteiger partial charge is 0.311 e. The number of nitrogens with zero attached hydrogens (tertiary/aromatic N) is 1. The Morgan fingerprint density at radius 2 is 1.93 bits per heavy atom. The molecule has 0 saturated carbocycles. The molecule has 0 spiro atoms. The van der Waals surface area contributed by atoms with Crippen LogP contribution in [0.3, 0.4) is 0 Å². The van der Waals surface area contributed by atoms with Gasteiger partial charge in [-0.1, -0.05) is 55.5 Å². The summed E-state index contributed by atoms with van der Waals surface area (Å²) >= 11 is 1.72. The summed E-state index contributed by atoms with van der Waals surface area (Å²) in [4.78, 5) is 16.0. The molecule has 0 bridgehead atoms. The van der Waals surface area contributed by atoms with Crippen molar-refractivity contribution in [3.8, 4) is 0 Å². The number of hydrogen-bond acceptors (Lipinski definition) is 3. The molecule has 1 atom stereocenters. The molecule has 1 N–H and O–H groups in total. The SMILES string of the molecule is CCc1ccc(C(NCC(=O)N2CCc3ccccc32)c2cccs2)cc1. The first kappa shape index (κ1) is 18.0. The number of para-hydroxylation sites is 1. The maximum atomic E-state index is 12.9. The van der Waals surface area contributed by atoms with Crippen LogP contribution in [0.4, 0.5) is 5.69 Å². The molecule has 27 heavy (non-hydrogen) atoms. The second-order valence-corrected chi connectivity index (χ2v) is 7.83. The van der Waals surface area contributed by atoms with Crippen molar-refractivity contribution in [2.45, 2.75) is 25.8 Å². The standard InChI is InChI=1S/C23H24N2OS/c1-2-17-9-11-19(12-10-17)23(21-8-5-15-27-21)24-16-22(26)25-14-13-18-6-3-4-7-20(18)25/h3-12,15,23-24H,2,13-14,16H2,1H3. The highest BCUT2D eigenvalue weighted by molar-refractivity contribution is 7.10. The van der Waals surface area contributed by atoms with Crippen molar-refractivity contribution in [1.82, 2.24) is 5.32 Å². The molecule has 0 aliphatic carbocycles. The Kier molecular flexibility index (Phi) is 5.37. The number of amides is 1. The van der Waals surface area contributed by atoms with Gasteiger partial charge in [0.25, 0.3) is 0 Å². The van der Waals surface area contributed by atoms with Crippen LogP contribution in [-0.2, 0) is 17.6 Å². The van der Waals surface area contributed by atoms with Crippen molar-refractivity contribution in [3.05, 3.63) is 87.6 Å². The Morgan fingerprint density at radius 3 is 2.67 bits per heavy atom. The second-order valence-electron chi connectivity index (χ2n) is 6.85. The summed E-state index contributed by atoms with van der Waals surface area (Å²) in [5.74, 6) is 0.131. The number of nitrogens with one attached hydrogen (secondary N) is 1. The maximum Gasteiger partial charge on any atom is 0.240 e. The van der Waals surface area contributed by atoms with Crippen molar-refractivity contribution in [1.29, 1.82) is 0 Å². The van der Waals surface area contributed by atoms with E-state index in [-0.39, 0.29) is 11.9 Å². The van der Waals surface area contributed by atoms with Gasteiger partial charge in [-0.05, 0) is 47.0 Å². The Balaban J connectivity index is 1.50. The normalized spacial score (nSPS) is 14.2. The van der Waals surface area contributed by atoms with Crippen LogP contribution >= 0.6 is 11.3 Å². The number of carbonyl (C=O) groups is 1. The van der Waals surface area contributed by atoms with E-state index in [0.29, 0.717) is 6.54 Å². The number of thiophene rings is 1. The zero-order valence-electron chi connectivity index (χ0n) is 15.5. The molecule has 1 unspecified atom stereocenters. The lowest BCUT2D eigenvalue weighted by Gasteiger charge is -2.22. The van der Waals surface area contributed by atoms with Crippen LogP contribution in [0.1, 0.15) is 34.5 Å². The average molecular weight is 377 g/mol. The number of fused-ring (bicyclic) bond motifs is 1. The van der Waals surface area contributed by atoms with E-state index in [1.165, 1.54) is 21.6 Å². The molecule has 0 saturated heterocycles. The van der Waals surface area contributed by atoms with E-state index in [2.05, 4.69) is 60.1 Å². The van der Waals surface area contributed by atoms with Crippen molar-refractivity contribution in [2.75, 3.05) is 18.0 Å². The molecular weight excluding hydrogens is 352 g/mol. The number of anilines is 1. The predicted molar refractivity (Wildman–Crippen MR) is 112 cm³/mol. The monoisotopic (exact) mass is 376 g/mol. The second kappa shape index (κ2) is 8.07. The fourth-order valence-electron chi connectivity index (χ4n) is 3.67. The van der Waals surface area contributed by atoms with Gasteiger partial charge in [0.2, 0.25) is 5.91 Å². The van der Waals surface area contributed by atoms with E-state index in [9.17, 15) is 4.79 Å². The Morgan fingerprint density at radius 1 is 1.11 bits per heavy atom. The summed E-state index contributed by atoms with van der Waals surface area (Å²) < 4.78 is 0. The highest BCUT2D eigenvalue weighted by Crippen LogP contribution is 2.29. The minimum Gasteiger partial charge on any atom is -0.311 e. The number of aryl methyl sites for hydroxylation is 1. The molecule has 1 aliphatic heterocycles. The molecule has 4 rings (SSSR count). The van der Waals surface area contributed by atoms with Crippen LogP contribution in [0.2, 0.25) is 0 Å². The van der Waals surface area contributed by atoms with Gasteiger partial charge in [0.15, 0.2) is 0 Å². The molecule has 0 fully saturated rings. The number of rotatable bonds is 6. The van der Waals surface area contributed by atoms with Crippen LogP contribution in [0, 0.1) is 0 Å². The Labute approximate surface area is 164 Å². The van der Waals surface area contributed by atoms with Gasteiger partial charge < -0.3 is 4.90 Å². The van der Waals surface area contributed by atoms with Crippen molar-refractivity contribution >= 4 is 22.9 Å². The number of benzene rings is 2. The molecule has 2 heterocycles. The number of hydrogen-bond donors (Lipinski definition) is 1. The Bertz CT molecular complexity index is 902. The average Bonchev–Trinajstić information content (AvgIpc) is 3.38. The lowest BCUT2D eigenvalue weighted by molar-refractivity contribution is -0.117. The molecule has 1 amide bonds. The molecule has 138 valence electrons. The van der Waals surface area contributed by atoms with Crippen molar-refractivity contribution in [3.63, 3.8) is 0 Å². The molecule has 0 radical (unpaired) electrons. The molecule has 3 aromatic rings. The minimum atomic E-state index is 0.0395. The first-order chi connectivity index (χ1) is 13.3. The van der Waals surface area contributed by atoms with Gasteiger partial charge in [0.1, 0.15) is 0 Å². The van der Waals surface area contributed by atoms with E-state index in [1.54, 1.807) is 11.3 Å². The van der Waals surface area contributed by atoms with Crippen molar-refractivity contribution < 1.29 is 4.79 Å². The quantitative estimate of drug-likeness (QED) is 0.683. The van der Waals surface area contributed by atoms with E-state index < -0.39 is 0 Å². The molecule has 1 aromatic heterocycles. The van der Waals surface area contributed by atoms with Crippen LogP contribution in [-0.4, -0.2) is 19.0 Å². The summed E-state index contributed by atoms with van der Waals surface area (Å²) in [7, 11) is 0. The van der Waals surface area contributed by atoms with Gasteiger partial charge in [0, 0.05) is 17.1 Å². The van der Waals surface area contributed by atoms with E-state index >= 15 is 0 Å². The number of carbonyl (C=O) groups excluding carboxylic acids is 1. The van der Waals surface area contributed by atoms with Gasteiger partial charge in [-0.3, -0.25) is 10.1 Å². The molecule has 4 heteroatoms. The van der Waals surface area contributed by atoms with E-state index in [1.807, 2.05) is 23.1 Å². The Hall–Kier alpha value is -2.43. The van der Waals surface area contributed by atoms with Gasteiger partial charge in [-0.2, -0.15) is 0 Å². The smallest absolute Gasteiger partial charge is 0.240 e. The van der Waals surface area contributed by atoms with Crippen LogP contribution in [0.5, 0.6) is 0 Å². The van der Waals surface area contributed by atoms with Gasteiger partial charge in [0.05, 0.1) is 12.6 Å². The van der Waals surface area contributed by atoms with Crippen LogP contribution < -0.4 is 10.2 Å². The fraction of sp³-hybridized carbons (Fsp3) is 0.261. The fourth-order valence-corrected chi connectivity index (χ4v) is 4.49. The zero-order chi connectivity index (χ0) is 18.6. The summed E-state index contributed by atoms with van der Waals surface area (Å²) in [6.45, 7) is 3.26. The van der Waals surface area contributed by atoms with Gasteiger partial charge in [-0.25, -0.2) is 0 Å². The van der Waals surface area contributed by atoms with Crippen molar-refractivity contribution in [2.24, 2.45) is 0 Å². The molecule has 3 nitrogen and oxygen atoms in total. The maximum absolute atomic E-state index is 12.9. The molecule has 2 aromatic carbocycles. The summed E-state index contributed by atoms with van der Waals surface area (Å²) in [6, 6.07) is 21.1. The lowest BCUT2D eigenvalue weighted by atomic mass is 10.0. The third-order valence-corrected chi connectivity index (χ3v) is 6.13.